The third kappa shape index (κ3) is 3.12. The van der Waals surface area contributed by atoms with Crippen molar-refractivity contribution in [1.29, 1.82) is 0 Å². The van der Waals surface area contributed by atoms with Crippen LogP contribution in [0.3, 0.4) is 0 Å². The van der Waals surface area contributed by atoms with Crippen LogP contribution in [0, 0.1) is 0 Å². The Bertz CT molecular complexity index is 1350. The topological polar surface area (TPSA) is 88.2 Å². The number of fused-ring (bicyclic) bond motifs is 1. The van der Waals surface area contributed by atoms with E-state index in [0.717, 1.165) is 15.7 Å². The van der Waals surface area contributed by atoms with E-state index in [1.165, 1.54) is 11.6 Å². The number of methoxy groups -OCH3 is 2. The molecule has 2 aromatic carbocycles. The van der Waals surface area contributed by atoms with Gasteiger partial charge in [0.2, 0.25) is 0 Å². The van der Waals surface area contributed by atoms with Crippen molar-refractivity contribution < 1.29 is 9.47 Å². The molecule has 0 N–H and O–H groups in total. The van der Waals surface area contributed by atoms with E-state index in [-0.39, 0.29) is 11.2 Å². The average molecular weight is 404 g/mol. The van der Waals surface area contributed by atoms with E-state index in [2.05, 4.69) is 4.98 Å². The number of benzene rings is 2. The SMILES string of the molecule is COc1ccc(-c2nc3c(=O)n(C)c(=O)n(C)c3nc2-c2ccc(OC)cc2)cc1. The predicted molar refractivity (Wildman–Crippen MR) is 114 cm³/mol. The van der Waals surface area contributed by atoms with Gasteiger partial charge in [-0.15, -0.1) is 0 Å². The molecule has 0 atom stereocenters. The van der Waals surface area contributed by atoms with E-state index in [4.69, 9.17) is 14.5 Å². The number of aryl methyl sites for hydroxylation is 1. The predicted octanol–water partition coefficient (Wildman–Crippen LogP) is 2.38. The molecule has 2 heterocycles. The van der Waals surface area contributed by atoms with Gasteiger partial charge < -0.3 is 9.47 Å². The lowest BCUT2D eigenvalue weighted by molar-refractivity contribution is 0.414. The van der Waals surface area contributed by atoms with Crippen molar-refractivity contribution in [2.75, 3.05) is 14.2 Å². The molecule has 4 rings (SSSR count). The molecule has 0 saturated heterocycles. The zero-order chi connectivity index (χ0) is 21.4. The number of hydrogen-bond donors (Lipinski definition) is 0. The van der Waals surface area contributed by atoms with Crippen molar-refractivity contribution in [3.63, 3.8) is 0 Å². The summed E-state index contributed by atoms with van der Waals surface area (Å²) < 4.78 is 12.8. The second-order valence-electron chi connectivity index (χ2n) is 6.76. The standard InChI is InChI=1S/C22H20N4O4/c1-25-20-19(21(27)26(2)22(25)28)23-17(13-5-9-15(29-3)10-6-13)18(24-20)14-7-11-16(30-4)12-8-14/h5-12H,1-4H3. The van der Waals surface area contributed by atoms with Gasteiger partial charge in [-0.3, -0.25) is 13.9 Å². The Kier molecular flexibility index (Phi) is 4.83. The molecule has 0 amide bonds. The molecule has 0 spiro atoms. The zero-order valence-corrected chi connectivity index (χ0v) is 17.0. The van der Waals surface area contributed by atoms with Crippen LogP contribution in [0.25, 0.3) is 33.7 Å². The molecule has 2 aromatic heterocycles. The largest absolute Gasteiger partial charge is 0.497 e. The summed E-state index contributed by atoms with van der Waals surface area (Å²) in [5, 5.41) is 0. The Balaban J connectivity index is 2.07. The fraction of sp³-hybridized carbons (Fsp3) is 0.182. The van der Waals surface area contributed by atoms with E-state index in [0.29, 0.717) is 22.9 Å². The quantitative estimate of drug-likeness (QED) is 0.519. The van der Waals surface area contributed by atoms with Gasteiger partial charge in [0, 0.05) is 25.2 Å². The Labute approximate surface area is 172 Å². The maximum atomic E-state index is 12.7. The van der Waals surface area contributed by atoms with Crippen LogP contribution >= 0.6 is 0 Å². The summed E-state index contributed by atoms with van der Waals surface area (Å²) in [6.45, 7) is 0. The average Bonchev–Trinajstić information content (AvgIpc) is 2.80. The number of nitrogens with zero attached hydrogens (tertiary/aromatic N) is 4. The number of hydrogen-bond acceptors (Lipinski definition) is 6. The molecule has 0 unspecified atom stereocenters. The maximum Gasteiger partial charge on any atom is 0.332 e. The minimum Gasteiger partial charge on any atom is -0.497 e. The molecule has 0 saturated carbocycles. The van der Waals surface area contributed by atoms with Crippen molar-refractivity contribution in [3.05, 3.63) is 69.4 Å². The van der Waals surface area contributed by atoms with Crippen molar-refractivity contribution in [3.8, 4) is 34.0 Å². The minimum absolute atomic E-state index is 0.127. The van der Waals surface area contributed by atoms with Gasteiger partial charge >= 0.3 is 5.69 Å². The first-order valence-corrected chi connectivity index (χ1v) is 9.21. The van der Waals surface area contributed by atoms with E-state index >= 15 is 0 Å². The molecule has 0 bridgehead atoms. The molecule has 4 aromatic rings. The summed E-state index contributed by atoms with van der Waals surface area (Å²) in [6.07, 6.45) is 0. The highest BCUT2D eigenvalue weighted by molar-refractivity contribution is 5.84. The third-order valence-corrected chi connectivity index (χ3v) is 5.00. The van der Waals surface area contributed by atoms with Crippen molar-refractivity contribution in [2.24, 2.45) is 14.1 Å². The fourth-order valence-corrected chi connectivity index (χ4v) is 3.27. The van der Waals surface area contributed by atoms with Gasteiger partial charge in [0.25, 0.3) is 5.56 Å². The summed E-state index contributed by atoms with van der Waals surface area (Å²) in [4.78, 5) is 34.5. The smallest absolute Gasteiger partial charge is 0.332 e. The minimum atomic E-state index is -0.489. The monoisotopic (exact) mass is 404 g/mol. The Hall–Kier alpha value is -3.94. The van der Waals surface area contributed by atoms with Crippen LogP contribution in [0.5, 0.6) is 11.5 Å². The van der Waals surface area contributed by atoms with E-state index in [1.807, 2.05) is 48.5 Å². The first kappa shape index (κ1) is 19.4. The summed E-state index contributed by atoms with van der Waals surface area (Å²) in [5.74, 6) is 1.41. The van der Waals surface area contributed by atoms with E-state index < -0.39 is 11.2 Å². The molecule has 8 nitrogen and oxygen atoms in total. The molecular formula is C22H20N4O4. The molecule has 0 aliphatic heterocycles. The fourth-order valence-electron chi connectivity index (χ4n) is 3.27. The zero-order valence-electron chi connectivity index (χ0n) is 17.0. The Morgan fingerprint density at radius 3 is 1.63 bits per heavy atom. The van der Waals surface area contributed by atoms with Crippen LogP contribution < -0.4 is 20.7 Å². The van der Waals surface area contributed by atoms with Gasteiger partial charge in [0.15, 0.2) is 11.2 Å². The van der Waals surface area contributed by atoms with Crippen LogP contribution in [-0.2, 0) is 14.1 Å². The number of aromatic nitrogens is 4. The second-order valence-corrected chi connectivity index (χ2v) is 6.76. The normalized spacial score (nSPS) is 10.9. The molecular weight excluding hydrogens is 384 g/mol. The molecule has 30 heavy (non-hydrogen) atoms. The van der Waals surface area contributed by atoms with Crippen LogP contribution in [0.1, 0.15) is 0 Å². The van der Waals surface area contributed by atoms with Crippen molar-refractivity contribution >= 4 is 11.2 Å². The van der Waals surface area contributed by atoms with Gasteiger partial charge in [0.05, 0.1) is 25.6 Å². The first-order valence-electron chi connectivity index (χ1n) is 9.21. The summed E-state index contributed by atoms with van der Waals surface area (Å²) in [7, 11) is 6.19. The van der Waals surface area contributed by atoms with Gasteiger partial charge in [-0.25, -0.2) is 14.8 Å². The lowest BCUT2D eigenvalue weighted by Crippen LogP contribution is -2.37. The lowest BCUT2D eigenvalue weighted by atomic mass is 10.0. The molecule has 0 radical (unpaired) electrons. The van der Waals surface area contributed by atoms with Gasteiger partial charge in [-0.1, -0.05) is 0 Å². The van der Waals surface area contributed by atoms with Crippen molar-refractivity contribution in [1.82, 2.24) is 19.1 Å². The number of rotatable bonds is 4. The van der Waals surface area contributed by atoms with Crippen LogP contribution in [0.4, 0.5) is 0 Å². The first-order chi connectivity index (χ1) is 14.4. The van der Waals surface area contributed by atoms with Gasteiger partial charge in [-0.05, 0) is 48.5 Å². The highest BCUT2D eigenvalue weighted by Gasteiger charge is 2.18. The highest BCUT2D eigenvalue weighted by Crippen LogP contribution is 2.32. The highest BCUT2D eigenvalue weighted by atomic mass is 16.5. The van der Waals surface area contributed by atoms with Crippen LogP contribution in [0.2, 0.25) is 0 Å². The number of ether oxygens (including phenoxy) is 2. The van der Waals surface area contributed by atoms with Crippen LogP contribution in [-0.4, -0.2) is 33.3 Å². The van der Waals surface area contributed by atoms with E-state index in [9.17, 15) is 9.59 Å². The summed E-state index contributed by atoms with van der Waals surface area (Å²) >= 11 is 0. The Morgan fingerprint density at radius 2 is 1.17 bits per heavy atom. The second kappa shape index (κ2) is 7.47. The molecule has 0 fully saturated rings. The molecule has 152 valence electrons. The summed E-state index contributed by atoms with van der Waals surface area (Å²) in [5.41, 5.74) is 2.05. The summed E-state index contributed by atoms with van der Waals surface area (Å²) in [6, 6.07) is 14.7. The van der Waals surface area contributed by atoms with Crippen molar-refractivity contribution in [2.45, 2.75) is 0 Å². The molecule has 0 aliphatic carbocycles. The third-order valence-electron chi connectivity index (χ3n) is 5.00. The Morgan fingerprint density at radius 1 is 0.700 bits per heavy atom. The lowest BCUT2D eigenvalue weighted by Gasteiger charge is -2.13. The van der Waals surface area contributed by atoms with Gasteiger partial charge in [0.1, 0.15) is 11.5 Å². The molecule has 8 heteroatoms. The molecule has 0 aliphatic rings. The van der Waals surface area contributed by atoms with Gasteiger partial charge in [-0.2, -0.15) is 0 Å². The maximum absolute atomic E-state index is 12.7. The van der Waals surface area contributed by atoms with Crippen LogP contribution in [0.15, 0.2) is 58.1 Å². The van der Waals surface area contributed by atoms with E-state index in [1.54, 1.807) is 21.3 Å².